The van der Waals surface area contributed by atoms with Crippen LogP contribution in [0.5, 0.6) is 23.0 Å². The molecule has 147 heavy (non-hydrogen) atoms. The highest BCUT2D eigenvalue weighted by Crippen LogP contribution is 2.55. The number of imidazole rings is 2. The predicted octanol–water partition coefficient (Wildman–Crippen LogP) is 17.2. The largest absolute Gasteiger partial charge is 0.497 e. The van der Waals surface area contributed by atoms with E-state index in [0.29, 0.717) is 58.7 Å². The highest BCUT2D eigenvalue weighted by Gasteiger charge is 2.54. The van der Waals surface area contributed by atoms with Crippen molar-refractivity contribution in [1.82, 2.24) is 48.4 Å². The number of fused-ring (bicyclic) bond motifs is 2. The Balaban J connectivity index is 0.000000251. The fourth-order valence-corrected chi connectivity index (χ4v) is 24.2. The van der Waals surface area contributed by atoms with Crippen LogP contribution >= 0.6 is 16.4 Å². The molecule has 2 aliphatic rings. The normalized spacial score (nSPS) is 17.6. The molecule has 6 unspecified atom stereocenters. The van der Waals surface area contributed by atoms with Crippen molar-refractivity contribution in [2.75, 3.05) is 105 Å². The molecule has 4 aromatic heterocycles. The van der Waals surface area contributed by atoms with Gasteiger partial charge in [-0.3, -0.25) is 67.8 Å². The molecule has 2 fully saturated rings. The lowest BCUT2D eigenvalue weighted by Crippen LogP contribution is -2.43. The maximum atomic E-state index is 14.0. The SMILES string of the molecule is CC(C)C(C(C)C)P(CC(=O)OC(C)(C)CC#N)N(C(C)C)C(C)C.COCCOC1C(O)[C@@H](COC(c2ccccc2)(c2ccc(OC)cc2)c2ccc(OC)cc2)O[C@H]1n1cnc2c(=O)[nH]c(NC(=O)C(C)C)nc21.COCCOC1C(OP(CC(=O)OC(C)(C)CC#N)N(C(C)C)C(C)C)[C@@H](COC(c2ccccc2)(c2ccc(OC)cc2)c2ccc(OC)cc2)O[C@H]1n1cnc2c(=O)[nH]c(NC(=O)C(C)C)nc21. The number of amides is 2. The molecule has 5 N–H and O–H groups in total. The van der Waals surface area contributed by atoms with Gasteiger partial charge in [-0.15, -0.1) is 0 Å². The third-order valence-electron chi connectivity index (χ3n) is 25.0. The van der Waals surface area contributed by atoms with Crippen LogP contribution in [-0.2, 0) is 82.3 Å². The van der Waals surface area contributed by atoms with E-state index in [0.717, 1.165) is 33.4 Å². The number of hydrogen-bond acceptors (Lipinski definition) is 30. The van der Waals surface area contributed by atoms with Crippen LogP contribution in [0.3, 0.4) is 0 Å². The van der Waals surface area contributed by atoms with Crippen molar-refractivity contribution in [3.05, 3.63) is 224 Å². The number of aromatic nitrogens is 8. The highest BCUT2D eigenvalue weighted by molar-refractivity contribution is 7.57. The zero-order valence-electron chi connectivity index (χ0n) is 89.4. The molecule has 0 bridgehead atoms. The highest BCUT2D eigenvalue weighted by atomic mass is 31.2. The van der Waals surface area contributed by atoms with Crippen molar-refractivity contribution in [2.45, 2.75) is 253 Å². The van der Waals surface area contributed by atoms with Crippen LogP contribution in [0, 0.1) is 46.3 Å². The summed E-state index contributed by atoms with van der Waals surface area (Å²) in [5, 5.41) is 35.6. The minimum absolute atomic E-state index is 0.00293. The molecule has 0 saturated carbocycles. The number of carbonyl (C=O) groups is 4. The van der Waals surface area contributed by atoms with E-state index in [2.05, 4.69) is 117 Å². The van der Waals surface area contributed by atoms with Crippen LogP contribution in [0.4, 0.5) is 11.9 Å². The lowest BCUT2D eigenvalue weighted by atomic mass is 9.80. The molecule has 2 aliphatic heterocycles. The lowest BCUT2D eigenvalue weighted by molar-refractivity contribution is -0.154. The Hall–Kier alpha value is -11.5. The number of carbonyl (C=O) groups excluding carboxylic acids is 4. The smallest absolute Gasteiger partial charge is 0.314 e. The van der Waals surface area contributed by atoms with E-state index in [1.807, 2.05) is 185 Å². The lowest BCUT2D eigenvalue weighted by Gasteiger charge is -2.45. The number of nitriles is 2. The van der Waals surface area contributed by atoms with E-state index in [1.54, 1.807) is 103 Å². The minimum atomic E-state index is -1.85. The monoisotopic (exact) mass is 2070 g/mol. The van der Waals surface area contributed by atoms with Gasteiger partial charge in [-0.25, -0.2) is 9.97 Å². The average molecular weight is 2070 g/mol. The number of hydrogen-bond donors (Lipinski definition) is 5. The predicted molar refractivity (Wildman–Crippen MR) is 564 cm³/mol. The first-order valence-corrected chi connectivity index (χ1v) is 52.6. The summed E-state index contributed by atoms with van der Waals surface area (Å²) in [5.41, 5.74) is 0.187. The number of aliphatic hydroxyl groups is 1. The van der Waals surface area contributed by atoms with E-state index in [-0.39, 0.29) is 129 Å². The number of rotatable bonds is 49. The molecule has 38 heteroatoms. The summed E-state index contributed by atoms with van der Waals surface area (Å²) in [6.07, 6.45) is -4.69. The molecule has 0 radical (unpaired) electrons. The van der Waals surface area contributed by atoms with Gasteiger partial charge in [0.05, 0.1) is 112 Å². The first kappa shape index (κ1) is 117. The zero-order valence-corrected chi connectivity index (χ0v) is 91.2. The van der Waals surface area contributed by atoms with E-state index >= 15 is 0 Å². The molecular weight excluding hydrogens is 1920 g/mol. The fourth-order valence-electron chi connectivity index (χ4n) is 18.4. The number of anilines is 2. The molecular formula is C109H148N14O22P2. The van der Waals surface area contributed by atoms with E-state index in [1.165, 1.54) is 17.2 Å². The summed E-state index contributed by atoms with van der Waals surface area (Å²) in [7, 11) is 7.03. The van der Waals surface area contributed by atoms with Gasteiger partial charge < -0.3 is 75.9 Å². The first-order chi connectivity index (χ1) is 70.0. The number of benzene rings is 6. The average Bonchev–Trinajstić information content (AvgIpc) is 1.72. The van der Waals surface area contributed by atoms with Crippen molar-refractivity contribution < 1.29 is 95.1 Å². The number of ether oxygens (including phenoxy) is 14. The van der Waals surface area contributed by atoms with E-state index < -0.39 is 111 Å². The second kappa shape index (κ2) is 54.1. The Morgan fingerprint density at radius 3 is 1.14 bits per heavy atom. The second-order valence-corrected chi connectivity index (χ2v) is 43.5. The van der Waals surface area contributed by atoms with Crippen LogP contribution in [0.2, 0.25) is 0 Å². The maximum absolute atomic E-state index is 14.0. The second-order valence-electron chi connectivity index (χ2n) is 39.6. The summed E-state index contributed by atoms with van der Waals surface area (Å²) in [5.74, 6) is 1.42. The number of nitrogens with zero attached hydrogens (tertiary/aromatic N) is 10. The van der Waals surface area contributed by atoms with Gasteiger partial charge in [-0.1, -0.05) is 165 Å². The first-order valence-electron chi connectivity index (χ1n) is 49.7. The van der Waals surface area contributed by atoms with Gasteiger partial charge in [0.25, 0.3) is 11.1 Å². The van der Waals surface area contributed by atoms with E-state index in [4.69, 9.17) is 76.1 Å². The van der Waals surface area contributed by atoms with Gasteiger partial charge in [0.15, 0.2) is 34.8 Å². The van der Waals surface area contributed by atoms with Crippen molar-refractivity contribution in [3.8, 4) is 35.1 Å². The van der Waals surface area contributed by atoms with Gasteiger partial charge in [-0.05, 0) is 191 Å². The number of aliphatic hydroxyl groups excluding tert-OH is 1. The van der Waals surface area contributed by atoms with Crippen LogP contribution < -0.4 is 40.7 Å². The van der Waals surface area contributed by atoms with Gasteiger partial charge >= 0.3 is 11.9 Å². The molecule has 12 rings (SSSR count). The summed E-state index contributed by atoms with van der Waals surface area (Å²) < 4.78 is 101. The van der Waals surface area contributed by atoms with Crippen LogP contribution in [0.1, 0.15) is 197 Å². The van der Waals surface area contributed by atoms with Gasteiger partial charge in [0.2, 0.25) is 23.7 Å². The van der Waals surface area contributed by atoms with Gasteiger partial charge in [-0.2, -0.15) is 20.5 Å². The van der Waals surface area contributed by atoms with Crippen molar-refractivity contribution in [3.63, 3.8) is 0 Å². The number of esters is 2. The molecule has 2 amide bonds. The number of aromatic amines is 2. The minimum Gasteiger partial charge on any atom is -0.497 e. The van der Waals surface area contributed by atoms with Crippen LogP contribution in [-0.4, -0.2) is 250 Å². The van der Waals surface area contributed by atoms with Crippen LogP contribution in [0.15, 0.2) is 180 Å². The van der Waals surface area contributed by atoms with Crippen LogP contribution in [0.25, 0.3) is 22.3 Å². The van der Waals surface area contributed by atoms with Gasteiger partial charge in [0.1, 0.15) is 96.5 Å². The standard InChI is InChI=1S/C51H66N7O11P.C38H43N5O9.C20H39N2O2P/c1-32(2)46(60)55-49-54-45-42(47(61)56-49)53-31-57(45)48-44(65-28-27-62-9)43(69-70(58(33(3)4)34(5)6)30-41(59)68-50(7,8)25-26-52)40(67-48)29-66-51(35-15-13-12-14-16-35,36-17-21-38(63-10)22-18-36)37-19-23-39(64-11)24-20-37;1-23(2)34(45)41-37-40-33-30(35(46)42-37)39-22-43(33)36-32(50-20-19-47-3)31(44)29(52-36)21-51-38(24-9-7-6-8-10-24,25-11-15-27(48-4)16-12-25)26-13-17-28(49-5)18-14-26;1-14(2)19(15(3)4)25(22(16(5)6)17(7)8)13-18(23)24-20(9,10)11-12-21/h12-24,31-34,40,43-44,48H,25,27-30H2,1-11H3,(H2,54,55,56,60,61);6-18,22-23,29,31-32,36,44H,19-21H2,1-5H3,(H2,40,41,42,45,46);14-17,19H,11,13H2,1-10H3/t40-,43?,44?,48-,70?;29-,31?,32?,36-;/m11./s1. The number of methoxy groups -OCH3 is 6. The molecule has 796 valence electrons. The van der Waals surface area contributed by atoms with E-state index in [9.17, 15) is 39.1 Å². The Bertz CT molecular complexity index is 5930. The molecule has 10 aromatic rings. The Morgan fingerprint density at radius 2 is 0.803 bits per heavy atom. The zero-order chi connectivity index (χ0) is 108. The molecule has 36 nitrogen and oxygen atoms in total. The molecule has 0 aliphatic carbocycles. The Morgan fingerprint density at radius 1 is 0.463 bits per heavy atom. The Labute approximate surface area is 864 Å². The summed E-state index contributed by atoms with van der Waals surface area (Å²) in [6.45, 7) is 40.3. The molecule has 6 aromatic carbocycles. The van der Waals surface area contributed by atoms with Crippen molar-refractivity contribution >= 4 is 74.3 Å². The number of H-pyrrole nitrogens is 2. The fraction of sp³-hybridized carbons (Fsp3) is 0.523. The third-order valence-corrected chi connectivity index (χ3v) is 31.4. The Kier molecular flexibility index (Phi) is 43.2. The maximum Gasteiger partial charge on any atom is 0.314 e. The molecule has 0 spiro atoms. The van der Waals surface area contributed by atoms with Crippen molar-refractivity contribution in [2.24, 2.45) is 23.7 Å². The summed E-state index contributed by atoms with van der Waals surface area (Å²) in [4.78, 5) is 102. The molecule has 10 atom stereocenters. The number of nitrogens with one attached hydrogen (secondary N) is 4. The quantitative estimate of drug-likeness (QED) is 0.0102. The molecule has 2 saturated heterocycles. The summed E-state index contributed by atoms with van der Waals surface area (Å²) >= 11 is 0. The summed E-state index contributed by atoms with van der Waals surface area (Å²) in [6, 6.07) is 54.9. The third kappa shape index (κ3) is 29.6. The van der Waals surface area contributed by atoms with Gasteiger partial charge in [0, 0.05) is 50.2 Å². The van der Waals surface area contributed by atoms with Crippen molar-refractivity contribution in [1.29, 1.82) is 10.5 Å². The molecule has 6 heterocycles. The topological polar surface area (TPSA) is 432 Å².